The second-order valence-electron chi connectivity index (χ2n) is 5.94. The predicted octanol–water partition coefficient (Wildman–Crippen LogP) is 3.72. The van der Waals surface area contributed by atoms with Crippen molar-refractivity contribution in [3.05, 3.63) is 52.3 Å². The zero-order valence-electron chi connectivity index (χ0n) is 12.9. The number of benzene rings is 1. The van der Waals surface area contributed by atoms with Gasteiger partial charge in [-0.15, -0.1) is 0 Å². The molecule has 23 heavy (non-hydrogen) atoms. The predicted molar refractivity (Wildman–Crippen MR) is 82.5 cm³/mol. The van der Waals surface area contributed by atoms with Crippen LogP contribution in [0, 0.1) is 0 Å². The van der Waals surface area contributed by atoms with Crippen molar-refractivity contribution in [3.8, 4) is 0 Å². The van der Waals surface area contributed by atoms with Crippen LogP contribution in [0.25, 0.3) is 0 Å². The van der Waals surface area contributed by atoms with Crippen molar-refractivity contribution >= 4 is 5.91 Å². The van der Waals surface area contributed by atoms with E-state index < -0.39 is 12.3 Å². The molecule has 0 saturated heterocycles. The average Bonchev–Trinajstić information content (AvgIpc) is 3.04. The summed E-state index contributed by atoms with van der Waals surface area (Å²) in [6.45, 7) is 1.88. The molecule has 1 aromatic heterocycles. The first-order valence-electron chi connectivity index (χ1n) is 7.80. The second-order valence-corrected chi connectivity index (χ2v) is 5.94. The molecule has 0 fully saturated rings. The van der Waals surface area contributed by atoms with Crippen LogP contribution in [0.5, 0.6) is 0 Å². The van der Waals surface area contributed by atoms with Crippen LogP contribution in [0.15, 0.2) is 24.3 Å². The highest BCUT2D eigenvalue weighted by molar-refractivity contribution is 5.92. The number of fused-ring (bicyclic) bond motifs is 1. The van der Waals surface area contributed by atoms with Crippen molar-refractivity contribution in [2.75, 3.05) is 0 Å². The number of rotatable bonds is 4. The summed E-state index contributed by atoms with van der Waals surface area (Å²) >= 11 is 0. The molecule has 1 aliphatic carbocycles. The summed E-state index contributed by atoms with van der Waals surface area (Å²) in [7, 11) is 0. The van der Waals surface area contributed by atoms with Gasteiger partial charge in [-0.25, -0.2) is 8.78 Å². The lowest BCUT2D eigenvalue weighted by Gasteiger charge is -2.19. The molecule has 2 N–H and O–H groups in total. The Kier molecular flexibility index (Phi) is 4.41. The molecule has 3 rings (SSSR count). The summed E-state index contributed by atoms with van der Waals surface area (Å²) in [5.41, 5.74) is 3.37. The Bertz CT molecular complexity index is 712. The number of halogens is 2. The van der Waals surface area contributed by atoms with Crippen molar-refractivity contribution in [3.63, 3.8) is 0 Å². The lowest BCUT2D eigenvalue weighted by molar-refractivity contribution is 0.0935. The van der Waals surface area contributed by atoms with Crippen LogP contribution in [0.2, 0.25) is 0 Å². The number of nitrogens with one attached hydrogen (secondary N) is 2. The normalized spacial score (nSPS) is 15.3. The Morgan fingerprint density at radius 3 is 2.65 bits per heavy atom. The van der Waals surface area contributed by atoms with E-state index in [1.165, 1.54) is 24.0 Å². The average molecular weight is 319 g/mol. The van der Waals surface area contributed by atoms with E-state index >= 15 is 0 Å². The Labute approximate surface area is 133 Å². The summed E-state index contributed by atoms with van der Waals surface area (Å²) in [4.78, 5) is 12.1. The molecule has 1 atom stereocenters. The minimum absolute atomic E-state index is 0.0230. The number of amides is 1. The Morgan fingerprint density at radius 2 is 1.96 bits per heavy atom. The van der Waals surface area contributed by atoms with Crippen molar-refractivity contribution in [1.29, 1.82) is 0 Å². The first-order valence-corrected chi connectivity index (χ1v) is 7.80. The number of nitrogens with zero attached hydrogens (tertiary/aromatic N) is 1. The highest BCUT2D eigenvalue weighted by atomic mass is 19.3. The number of aromatic nitrogens is 2. The molecule has 0 spiro atoms. The maximum atomic E-state index is 12.5. The van der Waals surface area contributed by atoms with Crippen LogP contribution < -0.4 is 5.32 Å². The van der Waals surface area contributed by atoms with E-state index in [0.29, 0.717) is 0 Å². The third kappa shape index (κ3) is 3.41. The van der Waals surface area contributed by atoms with Gasteiger partial charge >= 0.3 is 0 Å². The Hall–Kier alpha value is -2.24. The molecule has 1 aromatic carbocycles. The maximum absolute atomic E-state index is 12.5. The number of aryl methyl sites for hydroxylation is 2. The Balaban J connectivity index is 1.70. The number of hydrogen-bond donors (Lipinski definition) is 2. The van der Waals surface area contributed by atoms with Crippen LogP contribution >= 0.6 is 0 Å². The van der Waals surface area contributed by atoms with Crippen molar-refractivity contribution in [1.82, 2.24) is 15.5 Å². The minimum atomic E-state index is -2.66. The number of carbonyl (C=O) groups is 1. The monoisotopic (exact) mass is 319 g/mol. The van der Waals surface area contributed by atoms with Crippen molar-refractivity contribution < 1.29 is 13.6 Å². The van der Waals surface area contributed by atoms with Gasteiger partial charge in [-0.2, -0.15) is 5.10 Å². The molecule has 0 radical (unpaired) electrons. The fourth-order valence-electron chi connectivity index (χ4n) is 2.94. The van der Waals surface area contributed by atoms with Gasteiger partial charge in [-0.3, -0.25) is 9.89 Å². The van der Waals surface area contributed by atoms with Gasteiger partial charge in [0.25, 0.3) is 12.3 Å². The Morgan fingerprint density at radius 1 is 1.22 bits per heavy atom. The lowest BCUT2D eigenvalue weighted by atomic mass is 9.89. The van der Waals surface area contributed by atoms with Gasteiger partial charge < -0.3 is 5.32 Å². The van der Waals surface area contributed by atoms with Crippen molar-refractivity contribution in [2.24, 2.45) is 0 Å². The molecular weight excluding hydrogens is 300 g/mol. The number of hydrogen-bond acceptors (Lipinski definition) is 2. The molecule has 1 aliphatic rings. The second kappa shape index (κ2) is 6.48. The zero-order chi connectivity index (χ0) is 16.4. The fourth-order valence-corrected chi connectivity index (χ4v) is 2.94. The number of H-pyrrole nitrogens is 1. The molecule has 0 saturated carbocycles. The van der Waals surface area contributed by atoms with E-state index in [2.05, 4.69) is 27.6 Å². The third-order valence-corrected chi connectivity index (χ3v) is 4.29. The molecular formula is C17H19F2N3O. The summed E-state index contributed by atoms with van der Waals surface area (Å²) in [6, 6.07) is 7.15. The standard InChI is InChI=1S/C17H19F2N3O/c1-10(12-7-6-11-4-2-3-5-13(11)8-12)20-17(23)15-9-14(16(18)19)21-22-15/h6-10,16H,2-5H2,1H3,(H,20,23)(H,21,22)/t10-/m1/s1. The topological polar surface area (TPSA) is 57.8 Å². The van der Waals surface area contributed by atoms with Gasteiger partial charge in [0.2, 0.25) is 0 Å². The van der Waals surface area contributed by atoms with Crippen LogP contribution in [-0.4, -0.2) is 16.1 Å². The quantitative estimate of drug-likeness (QED) is 0.902. The first kappa shape index (κ1) is 15.6. The van der Waals surface area contributed by atoms with Gasteiger partial charge in [-0.1, -0.05) is 18.2 Å². The molecule has 2 aromatic rings. The zero-order valence-corrected chi connectivity index (χ0v) is 12.9. The molecule has 4 nitrogen and oxygen atoms in total. The summed E-state index contributed by atoms with van der Waals surface area (Å²) in [6.07, 6.45) is 1.94. The molecule has 0 bridgehead atoms. The lowest BCUT2D eigenvalue weighted by Crippen LogP contribution is -2.27. The molecule has 0 unspecified atom stereocenters. The van der Waals surface area contributed by atoms with Crippen LogP contribution in [0.4, 0.5) is 8.78 Å². The van der Waals surface area contributed by atoms with Crippen LogP contribution in [0.1, 0.15) is 65.1 Å². The number of carbonyl (C=O) groups excluding carboxylic acids is 1. The van der Waals surface area contributed by atoms with Gasteiger partial charge in [0.05, 0.1) is 6.04 Å². The van der Waals surface area contributed by atoms with E-state index in [1.807, 2.05) is 13.0 Å². The van der Waals surface area contributed by atoms with Gasteiger partial charge in [-0.05, 0) is 55.4 Å². The highest BCUT2D eigenvalue weighted by Gasteiger charge is 2.18. The number of aromatic amines is 1. The van der Waals surface area contributed by atoms with E-state index in [4.69, 9.17) is 0 Å². The van der Waals surface area contributed by atoms with Gasteiger partial charge in [0.15, 0.2) is 0 Å². The van der Waals surface area contributed by atoms with E-state index in [-0.39, 0.29) is 17.4 Å². The van der Waals surface area contributed by atoms with Crippen LogP contribution in [-0.2, 0) is 12.8 Å². The van der Waals surface area contributed by atoms with Gasteiger partial charge in [0.1, 0.15) is 11.4 Å². The summed E-state index contributed by atoms with van der Waals surface area (Å²) < 4.78 is 25.1. The smallest absolute Gasteiger partial charge is 0.279 e. The summed E-state index contributed by atoms with van der Waals surface area (Å²) in [5, 5.41) is 8.62. The van der Waals surface area contributed by atoms with E-state index in [9.17, 15) is 13.6 Å². The molecule has 1 heterocycles. The highest BCUT2D eigenvalue weighted by Crippen LogP contribution is 2.25. The summed E-state index contributed by atoms with van der Waals surface area (Å²) in [5.74, 6) is -0.460. The van der Waals surface area contributed by atoms with Crippen molar-refractivity contribution in [2.45, 2.75) is 45.1 Å². The molecule has 0 aliphatic heterocycles. The SMILES string of the molecule is C[C@@H](NC(=O)c1cc(C(F)F)[nH]n1)c1ccc2c(c1)CCCC2. The minimum Gasteiger partial charge on any atom is -0.344 e. The van der Waals surface area contributed by atoms with Crippen LogP contribution in [0.3, 0.4) is 0 Å². The third-order valence-electron chi connectivity index (χ3n) is 4.29. The fraction of sp³-hybridized carbons (Fsp3) is 0.412. The first-order chi connectivity index (χ1) is 11.0. The maximum Gasteiger partial charge on any atom is 0.279 e. The van der Waals surface area contributed by atoms with E-state index in [1.54, 1.807) is 0 Å². The molecule has 1 amide bonds. The molecule has 6 heteroatoms. The van der Waals surface area contributed by atoms with Gasteiger partial charge in [0, 0.05) is 0 Å². The van der Waals surface area contributed by atoms with E-state index in [0.717, 1.165) is 24.5 Å². The number of alkyl halides is 2. The molecule has 122 valence electrons. The largest absolute Gasteiger partial charge is 0.344 e.